The third kappa shape index (κ3) is 5.30. The number of methoxy groups -OCH3 is 1. The Morgan fingerprint density at radius 2 is 2.24 bits per heavy atom. The van der Waals surface area contributed by atoms with Gasteiger partial charge in [-0.15, -0.1) is 0 Å². The first-order valence-corrected chi connectivity index (χ1v) is 6.12. The molecule has 1 heterocycles. The van der Waals surface area contributed by atoms with Gasteiger partial charge in [-0.05, 0) is 12.8 Å². The highest BCUT2D eigenvalue weighted by Gasteiger charge is 2.08. The summed E-state index contributed by atoms with van der Waals surface area (Å²) in [5, 5.41) is 4.26. The van der Waals surface area contributed by atoms with E-state index in [-0.39, 0.29) is 6.04 Å². The maximum Gasteiger partial charge on any atom is 0.0700 e. The van der Waals surface area contributed by atoms with Gasteiger partial charge < -0.3 is 15.2 Å². The maximum absolute atomic E-state index is 6.05. The third-order valence-corrected chi connectivity index (χ3v) is 2.54. The minimum Gasteiger partial charge on any atom is -0.382 e. The third-order valence-electron chi connectivity index (χ3n) is 2.54. The maximum atomic E-state index is 6.05. The Kier molecular flexibility index (Phi) is 6.84. The summed E-state index contributed by atoms with van der Waals surface area (Å²) in [4.78, 5) is 0. The lowest BCUT2D eigenvalue weighted by molar-refractivity contribution is 0.0672. The molecule has 5 nitrogen and oxygen atoms in total. The predicted molar refractivity (Wildman–Crippen MR) is 66.8 cm³/mol. The summed E-state index contributed by atoms with van der Waals surface area (Å²) in [6, 6.07) is 0.00292. The Hall–Kier alpha value is -0.910. The average Bonchev–Trinajstić information content (AvgIpc) is 2.78. The van der Waals surface area contributed by atoms with Gasteiger partial charge in [0.1, 0.15) is 0 Å². The molecule has 0 aliphatic carbocycles. The highest BCUT2D eigenvalue weighted by atomic mass is 16.5. The molecule has 17 heavy (non-hydrogen) atoms. The lowest BCUT2D eigenvalue weighted by Gasteiger charge is -2.09. The fourth-order valence-corrected chi connectivity index (χ4v) is 1.54. The van der Waals surface area contributed by atoms with Crippen LogP contribution in [0, 0.1) is 0 Å². The van der Waals surface area contributed by atoms with Crippen LogP contribution in [0.3, 0.4) is 0 Å². The van der Waals surface area contributed by atoms with Gasteiger partial charge in [0.2, 0.25) is 0 Å². The molecule has 0 aliphatic rings. The van der Waals surface area contributed by atoms with E-state index in [0.29, 0.717) is 19.8 Å². The van der Waals surface area contributed by atoms with Crippen molar-refractivity contribution in [1.29, 1.82) is 0 Å². The number of nitrogens with two attached hydrogens (primary N) is 1. The Balaban J connectivity index is 2.23. The second-order valence-electron chi connectivity index (χ2n) is 4.04. The van der Waals surface area contributed by atoms with E-state index < -0.39 is 0 Å². The Morgan fingerprint density at radius 3 is 2.94 bits per heavy atom. The van der Waals surface area contributed by atoms with Crippen LogP contribution in [0.2, 0.25) is 0 Å². The van der Waals surface area contributed by atoms with E-state index in [1.807, 2.05) is 17.1 Å². The SMILES string of the molecule is CCCn1cc(C(N)CCOCCOC)cn1. The molecule has 0 aliphatic heterocycles. The molecule has 0 spiro atoms. The number of aromatic nitrogens is 2. The molecule has 1 aromatic heterocycles. The van der Waals surface area contributed by atoms with E-state index in [1.165, 1.54) is 0 Å². The van der Waals surface area contributed by atoms with Crippen LogP contribution in [0.5, 0.6) is 0 Å². The Bertz CT molecular complexity index is 302. The summed E-state index contributed by atoms with van der Waals surface area (Å²) in [7, 11) is 1.66. The molecule has 0 bridgehead atoms. The summed E-state index contributed by atoms with van der Waals surface area (Å²) < 4.78 is 12.2. The first-order valence-electron chi connectivity index (χ1n) is 6.12. The van der Waals surface area contributed by atoms with E-state index in [4.69, 9.17) is 15.2 Å². The van der Waals surface area contributed by atoms with Crippen LogP contribution in [-0.4, -0.2) is 36.7 Å². The van der Waals surface area contributed by atoms with E-state index in [9.17, 15) is 0 Å². The average molecular weight is 241 g/mol. The number of nitrogens with zero attached hydrogens (tertiary/aromatic N) is 2. The van der Waals surface area contributed by atoms with Gasteiger partial charge in [-0.25, -0.2) is 0 Å². The van der Waals surface area contributed by atoms with Crippen molar-refractivity contribution in [1.82, 2.24) is 9.78 Å². The van der Waals surface area contributed by atoms with Crippen molar-refractivity contribution in [3.8, 4) is 0 Å². The van der Waals surface area contributed by atoms with Crippen molar-refractivity contribution in [2.45, 2.75) is 32.4 Å². The summed E-state index contributed by atoms with van der Waals surface area (Å²) in [6.45, 7) is 4.98. The van der Waals surface area contributed by atoms with E-state index >= 15 is 0 Å². The predicted octanol–water partition coefficient (Wildman–Crippen LogP) is 1.35. The molecule has 0 saturated carbocycles. The van der Waals surface area contributed by atoms with Crippen LogP contribution < -0.4 is 5.73 Å². The normalized spacial score (nSPS) is 12.9. The molecule has 1 unspecified atom stereocenters. The Morgan fingerprint density at radius 1 is 1.41 bits per heavy atom. The number of ether oxygens (including phenoxy) is 2. The highest BCUT2D eigenvalue weighted by molar-refractivity contribution is 5.09. The van der Waals surface area contributed by atoms with Crippen LogP contribution in [0.25, 0.3) is 0 Å². The number of aryl methyl sites for hydroxylation is 1. The molecule has 1 rings (SSSR count). The molecule has 0 radical (unpaired) electrons. The van der Waals surface area contributed by atoms with Gasteiger partial charge in [0, 0.05) is 38.1 Å². The van der Waals surface area contributed by atoms with Crippen LogP contribution in [-0.2, 0) is 16.0 Å². The zero-order valence-corrected chi connectivity index (χ0v) is 10.8. The number of hydrogen-bond acceptors (Lipinski definition) is 4. The zero-order chi connectivity index (χ0) is 12.5. The molecule has 0 fully saturated rings. The molecule has 1 aromatic rings. The van der Waals surface area contributed by atoms with Crippen LogP contribution in [0.4, 0.5) is 0 Å². The van der Waals surface area contributed by atoms with Gasteiger partial charge in [-0.1, -0.05) is 6.92 Å². The van der Waals surface area contributed by atoms with Gasteiger partial charge >= 0.3 is 0 Å². The second kappa shape index (κ2) is 8.22. The van der Waals surface area contributed by atoms with E-state index in [2.05, 4.69) is 12.0 Å². The van der Waals surface area contributed by atoms with Crippen molar-refractivity contribution in [3.05, 3.63) is 18.0 Å². The van der Waals surface area contributed by atoms with Crippen molar-refractivity contribution >= 4 is 0 Å². The van der Waals surface area contributed by atoms with Gasteiger partial charge in [0.15, 0.2) is 0 Å². The van der Waals surface area contributed by atoms with Crippen LogP contribution >= 0.6 is 0 Å². The van der Waals surface area contributed by atoms with Crippen molar-refractivity contribution in [3.63, 3.8) is 0 Å². The fraction of sp³-hybridized carbons (Fsp3) is 0.750. The lowest BCUT2D eigenvalue weighted by atomic mass is 10.1. The van der Waals surface area contributed by atoms with Crippen molar-refractivity contribution in [2.24, 2.45) is 5.73 Å². The molecule has 1 atom stereocenters. The number of hydrogen-bond donors (Lipinski definition) is 1. The molecule has 0 saturated heterocycles. The molecule has 0 aromatic carbocycles. The van der Waals surface area contributed by atoms with Gasteiger partial charge in [0.05, 0.1) is 19.4 Å². The highest BCUT2D eigenvalue weighted by Crippen LogP contribution is 2.12. The largest absolute Gasteiger partial charge is 0.382 e. The first-order chi connectivity index (χ1) is 8.27. The quantitative estimate of drug-likeness (QED) is 0.663. The van der Waals surface area contributed by atoms with E-state index in [1.54, 1.807) is 7.11 Å². The van der Waals surface area contributed by atoms with Crippen LogP contribution in [0.15, 0.2) is 12.4 Å². The first kappa shape index (κ1) is 14.2. The number of rotatable bonds is 9. The zero-order valence-electron chi connectivity index (χ0n) is 10.8. The van der Waals surface area contributed by atoms with Gasteiger partial charge in [0.25, 0.3) is 0 Å². The monoisotopic (exact) mass is 241 g/mol. The molecule has 0 amide bonds. The standard InChI is InChI=1S/C12H23N3O2/c1-3-5-15-10-11(9-14-15)12(13)4-6-17-8-7-16-2/h9-10,12H,3-8,13H2,1-2H3. The van der Waals surface area contributed by atoms with Gasteiger partial charge in [-0.2, -0.15) is 5.10 Å². The van der Waals surface area contributed by atoms with Crippen LogP contribution in [0.1, 0.15) is 31.4 Å². The minimum atomic E-state index is 0.00292. The summed E-state index contributed by atoms with van der Waals surface area (Å²) >= 11 is 0. The molecule has 5 heteroatoms. The molecule has 2 N–H and O–H groups in total. The summed E-state index contributed by atoms with van der Waals surface area (Å²) in [6.07, 6.45) is 5.75. The fourth-order valence-electron chi connectivity index (χ4n) is 1.54. The van der Waals surface area contributed by atoms with Crippen molar-refractivity contribution in [2.75, 3.05) is 26.9 Å². The van der Waals surface area contributed by atoms with E-state index in [0.717, 1.165) is 24.9 Å². The lowest BCUT2D eigenvalue weighted by Crippen LogP contribution is -2.13. The van der Waals surface area contributed by atoms with Crippen molar-refractivity contribution < 1.29 is 9.47 Å². The Labute approximate surface area is 103 Å². The smallest absolute Gasteiger partial charge is 0.0700 e. The minimum absolute atomic E-state index is 0.00292. The molecule has 98 valence electrons. The van der Waals surface area contributed by atoms with Gasteiger partial charge in [-0.3, -0.25) is 4.68 Å². The summed E-state index contributed by atoms with van der Waals surface area (Å²) in [5.41, 5.74) is 7.13. The molecular formula is C12H23N3O2. The topological polar surface area (TPSA) is 62.3 Å². The second-order valence-corrected chi connectivity index (χ2v) is 4.04. The summed E-state index contributed by atoms with van der Waals surface area (Å²) in [5.74, 6) is 0. The molecular weight excluding hydrogens is 218 g/mol.